The molecule has 0 bridgehead atoms. The number of phenols is 1. The van der Waals surface area contributed by atoms with E-state index in [0.717, 1.165) is 66.7 Å². The summed E-state index contributed by atoms with van der Waals surface area (Å²) in [7, 11) is 0. The lowest BCUT2D eigenvalue weighted by atomic mass is 9.84. The second-order valence-corrected chi connectivity index (χ2v) is 18.1. The molecule has 5 heteroatoms. The lowest BCUT2D eigenvalue weighted by Gasteiger charge is -2.21. The predicted molar refractivity (Wildman–Crippen MR) is 234 cm³/mol. The zero-order valence-electron chi connectivity index (χ0n) is 33.9. The standard InChI is InChI=1S/C51H50N4O/c1-49(2,3)36-17-20-39(21-18-36)55-44-29-35(32-14-11-10-12-15-32)27-40(47(44)54-48(55)42-30-37(50(4,5)6)19-22-45(42)56)33-23-25-52-43(28-33)41-31-38(51(7,8)9)26-34-16-13-24-53-46(34)41/h10-31,56H,1-9H3. The van der Waals surface area contributed by atoms with Crippen LogP contribution in [0, 0.1) is 0 Å². The van der Waals surface area contributed by atoms with E-state index in [1.165, 1.54) is 11.1 Å². The Labute approximate surface area is 330 Å². The molecular weight excluding hydrogens is 685 g/mol. The number of aromatic hydroxyl groups is 1. The first-order valence-corrected chi connectivity index (χ1v) is 19.5. The van der Waals surface area contributed by atoms with E-state index in [1.807, 2.05) is 30.6 Å². The number of nitrogens with zero attached hydrogens (tertiary/aromatic N) is 4. The molecule has 0 fully saturated rings. The van der Waals surface area contributed by atoms with E-state index < -0.39 is 0 Å². The quantitative estimate of drug-likeness (QED) is 0.191. The number of aromatic nitrogens is 4. The second-order valence-electron chi connectivity index (χ2n) is 18.1. The van der Waals surface area contributed by atoms with E-state index in [4.69, 9.17) is 15.0 Å². The molecule has 56 heavy (non-hydrogen) atoms. The van der Waals surface area contributed by atoms with Gasteiger partial charge in [-0.2, -0.15) is 0 Å². The molecule has 0 atom stereocenters. The number of pyridine rings is 2. The number of hydrogen-bond donors (Lipinski definition) is 1. The summed E-state index contributed by atoms with van der Waals surface area (Å²) < 4.78 is 2.21. The lowest BCUT2D eigenvalue weighted by molar-refractivity contribution is 0.475. The van der Waals surface area contributed by atoms with Gasteiger partial charge in [0.25, 0.3) is 0 Å². The first-order valence-electron chi connectivity index (χ1n) is 19.5. The third-order valence-corrected chi connectivity index (χ3v) is 10.9. The highest BCUT2D eigenvalue weighted by atomic mass is 16.3. The molecule has 0 amide bonds. The van der Waals surface area contributed by atoms with Gasteiger partial charge in [-0.1, -0.05) is 117 Å². The Morgan fingerprint density at radius 3 is 1.86 bits per heavy atom. The van der Waals surface area contributed by atoms with Crippen molar-refractivity contribution >= 4 is 21.9 Å². The van der Waals surface area contributed by atoms with Gasteiger partial charge in [0.1, 0.15) is 11.6 Å². The molecule has 8 aromatic rings. The Bertz CT molecular complexity index is 2740. The maximum absolute atomic E-state index is 11.6. The molecule has 3 aromatic heterocycles. The molecule has 0 radical (unpaired) electrons. The smallest absolute Gasteiger partial charge is 0.149 e. The van der Waals surface area contributed by atoms with E-state index in [-0.39, 0.29) is 22.0 Å². The van der Waals surface area contributed by atoms with Gasteiger partial charge in [0.2, 0.25) is 0 Å². The summed E-state index contributed by atoms with van der Waals surface area (Å²) >= 11 is 0. The van der Waals surface area contributed by atoms with Crippen LogP contribution >= 0.6 is 0 Å². The second kappa shape index (κ2) is 13.6. The molecule has 1 N–H and O–H groups in total. The third-order valence-electron chi connectivity index (χ3n) is 10.9. The molecular formula is C51H50N4O. The molecule has 0 saturated heterocycles. The van der Waals surface area contributed by atoms with Crippen molar-refractivity contribution in [1.29, 1.82) is 0 Å². The SMILES string of the molecule is CC(C)(C)c1ccc(-n2c(-c3cc(C(C)(C)C)ccc3O)nc3c(-c4ccnc(-c5cc(C(C)(C)C)cc6cccnc56)c4)cc(-c4ccccc4)cc32)cc1. The average molecular weight is 735 g/mol. The van der Waals surface area contributed by atoms with Crippen LogP contribution in [0.3, 0.4) is 0 Å². The third kappa shape index (κ3) is 6.87. The Morgan fingerprint density at radius 1 is 0.482 bits per heavy atom. The van der Waals surface area contributed by atoms with Gasteiger partial charge in [-0.15, -0.1) is 0 Å². The molecule has 5 nitrogen and oxygen atoms in total. The minimum absolute atomic E-state index is 0.00236. The number of fused-ring (bicyclic) bond motifs is 2. The zero-order valence-corrected chi connectivity index (χ0v) is 33.9. The van der Waals surface area contributed by atoms with Crippen molar-refractivity contribution in [2.75, 3.05) is 0 Å². The van der Waals surface area contributed by atoms with Crippen molar-refractivity contribution in [3.63, 3.8) is 0 Å². The molecule has 0 unspecified atom stereocenters. The number of phenolic OH excluding ortho intramolecular Hbond substituents is 1. The van der Waals surface area contributed by atoms with E-state index in [9.17, 15) is 5.11 Å². The van der Waals surface area contributed by atoms with Gasteiger partial charge in [-0.25, -0.2) is 4.98 Å². The zero-order chi connectivity index (χ0) is 39.6. The van der Waals surface area contributed by atoms with Crippen LogP contribution in [0.1, 0.15) is 79.0 Å². The topological polar surface area (TPSA) is 63.8 Å². The fraction of sp³-hybridized carbons (Fsp3) is 0.235. The maximum Gasteiger partial charge on any atom is 0.149 e. The molecule has 0 aliphatic heterocycles. The largest absolute Gasteiger partial charge is 0.507 e. The number of hydrogen-bond acceptors (Lipinski definition) is 4. The molecule has 3 heterocycles. The van der Waals surface area contributed by atoms with Crippen LogP contribution in [-0.4, -0.2) is 24.6 Å². The normalized spacial score (nSPS) is 12.4. The monoisotopic (exact) mass is 734 g/mol. The van der Waals surface area contributed by atoms with Crippen LogP contribution in [0.25, 0.3) is 72.5 Å². The van der Waals surface area contributed by atoms with Crippen molar-refractivity contribution in [3.05, 3.63) is 150 Å². The van der Waals surface area contributed by atoms with Gasteiger partial charge in [0.05, 0.1) is 27.8 Å². The van der Waals surface area contributed by atoms with Crippen molar-refractivity contribution < 1.29 is 5.11 Å². The molecule has 5 aromatic carbocycles. The summed E-state index contributed by atoms with van der Waals surface area (Å²) in [6.07, 6.45) is 3.75. The van der Waals surface area contributed by atoms with Crippen molar-refractivity contribution in [3.8, 4) is 56.3 Å². The molecule has 0 spiro atoms. The predicted octanol–water partition coefficient (Wildman–Crippen LogP) is 13.2. The molecule has 0 aliphatic carbocycles. The summed E-state index contributed by atoms with van der Waals surface area (Å²) in [5.74, 6) is 0.871. The Kier molecular flexibility index (Phi) is 8.95. The van der Waals surface area contributed by atoms with Crippen LogP contribution in [0.4, 0.5) is 0 Å². The van der Waals surface area contributed by atoms with Gasteiger partial charge in [-0.3, -0.25) is 14.5 Å². The Hall–Kier alpha value is -6.07. The summed E-state index contributed by atoms with van der Waals surface area (Å²) in [6.45, 7) is 20.0. The first kappa shape index (κ1) is 36.9. The number of rotatable bonds is 5. The van der Waals surface area contributed by atoms with E-state index in [0.29, 0.717) is 11.4 Å². The van der Waals surface area contributed by atoms with Crippen molar-refractivity contribution in [2.45, 2.75) is 78.6 Å². The van der Waals surface area contributed by atoms with E-state index in [1.54, 1.807) is 6.07 Å². The summed E-state index contributed by atoms with van der Waals surface area (Å²) in [5, 5.41) is 12.7. The minimum Gasteiger partial charge on any atom is -0.507 e. The first-order chi connectivity index (χ1) is 26.6. The minimum atomic E-state index is -0.129. The molecule has 8 rings (SSSR count). The van der Waals surface area contributed by atoms with E-state index >= 15 is 0 Å². The van der Waals surface area contributed by atoms with Crippen LogP contribution in [0.5, 0.6) is 5.75 Å². The van der Waals surface area contributed by atoms with Crippen LogP contribution in [-0.2, 0) is 16.2 Å². The van der Waals surface area contributed by atoms with Gasteiger partial charge in [0.15, 0.2) is 0 Å². The highest BCUT2D eigenvalue weighted by Crippen LogP contribution is 2.42. The van der Waals surface area contributed by atoms with Crippen molar-refractivity contribution in [1.82, 2.24) is 19.5 Å². The average Bonchev–Trinajstić information content (AvgIpc) is 3.56. The highest BCUT2D eigenvalue weighted by molar-refractivity contribution is 6.00. The fourth-order valence-electron chi connectivity index (χ4n) is 7.49. The summed E-state index contributed by atoms with van der Waals surface area (Å²) in [5.41, 5.74) is 13.8. The van der Waals surface area contributed by atoms with E-state index in [2.05, 4.69) is 164 Å². The van der Waals surface area contributed by atoms with Gasteiger partial charge in [-0.05, 0) is 116 Å². The lowest BCUT2D eigenvalue weighted by Crippen LogP contribution is -2.11. The van der Waals surface area contributed by atoms with Crippen molar-refractivity contribution in [2.24, 2.45) is 0 Å². The number of imidazole rings is 1. The van der Waals surface area contributed by atoms with Gasteiger partial charge < -0.3 is 5.11 Å². The summed E-state index contributed by atoms with van der Waals surface area (Å²) in [6, 6.07) is 42.5. The maximum atomic E-state index is 11.6. The molecule has 280 valence electrons. The van der Waals surface area contributed by atoms with Crippen LogP contribution in [0.15, 0.2) is 134 Å². The Morgan fingerprint density at radius 2 is 1.16 bits per heavy atom. The molecule has 0 saturated carbocycles. The number of benzene rings is 5. The Balaban J connectivity index is 1.44. The van der Waals surface area contributed by atoms with Crippen LogP contribution in [0.2, 0.25) is 0 Å². The van der Waals surface area contributed by atoms with Crippen LogP contribution < -0.4 is 0 Å². The molecule has 0 aliphatic rings. The fourth-order valence-corrected chi connectivity index (χ4v) is 7.49. The highest BCUT2D eigenvalue weighted by Gasteiger charge is 2.25. The summed E-state index contributed by atoms with van der Waals surface area (Å²) in [4.78, 5) is 15.3. The van der Waals surface area contributed by atoms with Gasteiger partial charge >= 0.3 is 0 Å². The van der Waals surface area contributed by atoms with Gasteiger partial charge in [0, 0.05) is 34.6 Å².